The Labute approximate surface area is 171 Å². The van der Waals surface area contributed by atoms with Crippen molar-refractivity contribution in [1.82, 2.24) is 15.0 Å². The second-order valence-electron chi connectivity index (χ2n) is 6.71. The van der Waals surface area contributed by atoms with Crippen LogP contribution in [0.2, 0.25) is 0 Å². The fourth-order valence-electron chi connectivity index (χ4n) is 3.17. The van der Waals surface area contributed by atoms with Gasteiger partial charge in [0.2, 0.25) is 0 Å². The molecule has 0 spiro atoms. The molecule has 140 valence electrons. The monoisotopic (exact) mass is 434 g/mol. The summed E-state index contributed by atoms with van der Waals surface area (Å²) in [4.78, 5) is 13.2. The molecule has 28 heavy (non-hydrogen) atoms. The summed E-state index contributed by atoms with van der Waals surface area (Å²) < 4.78 is 0.948. The van der Waals surface area contributed by atoms with Crippen LogP contribution in [0.1, 0.15) is 28.4 Å². The van der Waals surface area contributed by atoms with E-state index in [2.05, 4.69) is 36.2 Å². The lowest BCUT2D eigenvalue weighted by atomic mass is 9.97. The van der Waals surface area contributed by atoms with Crippen LogP contribution in [0.5, 0.6) is 5.75 Å². The van der Waals surface area contributed by atoms with Crippen molar-refractivity contribution in [3.05, 3.63) is 87.9 Å². The van der Waals surface area contributed by atoms with E-state index in [-0.39, 0.29) is 11.8 Å². The fourth-order valence-corrected chi connectivity index (χ4v) is 3.39. The number of aromatic nitrogens is 3. The highest BCUT2D eigenvalue weighted by Crippen LogP contribution is 2.36. The third-order valence-electron chi connectivity index (χ3n) is 4.67. The molecule has 4 rings (SSSR count). The minimum Gasteiger partial charge on any atom is -0.505 e. The number of hydrogen-bond acceptors (Lipinski definition) is 5. The summed E-state index contributed by atoms with van der Waals surface area (Å²) in [5.74, 6) is 0.877. The molecule has 3 heterocycles. The SMILES string of the molecule is Cc1ccc2ccc(C(Nc3cc(C)c(Br)cn3)c3cccnc3)c(O)c2n1. The zero-order chi connectivity index (χ0) is 19.7. The van der Waals surface area contributed by atoms with Crippen molar-refractivity contribution in [2.45, 2.75) is 19.9 Å². The zero-order valence-electron chi connectivity index (χ0n) is 15.5. The smallest absolute Gasteiger partial charge is 0.147 e. The Balaban J connectivity index is 1.85. The molecule has 0 amide bonds. The van der Waals surface area contributed by atoms with E-state index in [0.29, 0.717) is 11.3 Å². The number of phenolic OH excluding ortho intramolecular Hbond substituents is 1. The van der Waals surface area contributed by atoms with Crippen LogP contribution in [0.15, 0.2) is 65.5 Å². The number of aromatic hydroxyl groups is 1. The first kappa shape index (κ1) is 18.4. The molecule has 0 saturated heterocycles. The lowest BCUT2D eigenvalue weighted by Crippen LogP contribution is -2.14. The van der Waals surface area contributed by atoms with Crippen LogP contribution in [0.3, 0.4) is 0 Å². The van der Waals surface area contributed by atoms with Crippen LogP contribution in [0.25, 0.3) is 10.9 Å². The summed E-state index contributed by atoms with van der Waals surface area (Å²) in [6, 6.07) is 13.3. The Morgan fingerprint density at radius 3 is 2.64 bits per heavy atom. The number of aryl methyl sites for hydroxylation is 2. The van der Waals surface area contributed by atoms with E-state index < -0.39 is 0 Å². The molecule has 2 N–H and O–H groups in total. The van der Waals surface area contributed by atoms with Crippen molar-refractivity contribution in [1.29, 1.82) is 0 Å². The second-order valence-corrected chi connectivity index (χ2v) is 7.56. The molecule has 0 bridgehead atoms. The lowest BCUT2D eigenvalue weighted by molar-refractivity contribution is 0.471. The van der Waals surface area contributed by atoms with E-state index in [1.165, 1.54) is 0 Å². The number of halogens is 1. The minimum atomic E-state index is -0.325. The van der Waals surface area contributed by atoms with Crippen molar-refractivity contribution in [3.63, 3.8) is 0 Å². The van der Waals surface area contributed by atoms with Crippen molar-refractivity contribution >= 4 is 32.7 Å². The van der Waals surface area contributed by atoms with Gasteiger partial charge in [-0.15, -0.1) is 0 Å². The van der Waals surface area contributed by atoms with Crippen LogP contribution in [-0.4, -0.2) is 20.1 Å². The summed E-state index contributed by atoms with van der Waals surface area (Å²) in [5.41, 5.74) is 4.17. The van der Waals surface area contributed by atoms with Crippen LogP contribution in [-0.2, 0) is 0 Å². The third-order valence-corrected chi connectivity index (χ3v) is 5.50. The van der Waals surface area contributed by atoms with Gasteiger partial charge in [-0.1, -0.05) is 24.3 Å². The average Bonchev–Trinajstić information content (AvgIpc) is 2.71. The van der Waals surface area contributed by atoms with Gasteiger partial charge in [-0.05, 0) is 59.1 Å². The molecule has 0 saturated carbocycles. The van der Waals surface area contributed by atoms with E-state index in [1.807, 2.05) is 56.3 Å². The Hall–Kier alpha value is -2.99. The number of phenols is 1. The van der Waals surface area contributed by atoms with Crippen molar-refractivity contribution in [2.24, 2.45) is 0 Å². The molecule has 6 heteroatoms. The number of rotatable bonds is 4. The summed E-state index contributed by atoms with van der Waals surface area (Å²) >= 11 is 3.48. The molecule has 0 radical (unpaired) electrons. The minimum absolute atomic E-state index is 0.163. The number of nitrogens with zero attached hydrogens (tertiary/aromatic N) is 3. The molecule has 5 nitrogen and oxygen atoms in total. The second kappa shape index (κ2) is 7.56. The quantitative estimate of drug-likeness (QED) is 0.455. The summed E-state index contributed by atoms with van der Waals surface area (Å²) in [7, 11) is 0. The number of fused-ring (bicyclic) bond motifs is 1. The number of pyridine rings is 3. The van der Waals surface area contributed by atoms with Gasteiger partial charge >= 0.3 is 0 Å². The van der Waals surface area contributed by atoms with E-state index in [1.54, 1.807) is 18.6 Å². The maximum atomic E-state index is 11.0. The van der Waals surface area contributed by atoms with Crippen LogP contribution in [0.4, 0.5) is 5.82 Å². The molecule has 0 aliphatic heterocycles. The lowest BCUT2D eigenvalue weighted by Gasteiger charge is -2.22. The fraction of sp³-hybridized carbons (Fsp3) is 0.136. The molecule has 1 aromatic carbocycles. The predicted octanol–water partition coefficient (Wildman–Crippen LogP) is 5.31. The van der Waals surface area contributed by atoms with E-state index in [4.69, 9.17) is 0 Å². The Morgan fingerprint density at radius 2 is 1.89 bits per heavy atom. The first-order valence-corrected chi connectivity index (χ1v) is 9.70. The molecular formula is C22H19BrN4O. The Morgan fingerprint density at radius 1 is 1.07 bits per heavy atom. The first-order chi connectivity index (χ1) is 13.5. The highest BCUT2D eigenvalue weighted by Gasteiger charge is 2.21. The largest absolute Gasteiger partial charge is 0.505 e. The first-order valence-electron chi connectivity index (χ1n) is 8.91. The van der Waals surface area contributed by atoms with Crippen molar-refractivity contribution < 1.29 is 5.11 Å². The van der Waals surface area contributed by atoms with Gasteiger partial charge in [0.25, 0.3) is 0 Å². The Bertz CT molecular complexity index is 1150. The van der Waals surface area contributed by atoms with Gasteiger partial charge in [0.05, 0.1) is 6.04 Å². The van der Waals surface area contributed by atoms with Crippen LogP contribution in [0, 0.1) is 13.8 Å². The molecular weight excluding hydrogens is 416 g/mol. The molecule has 4 aromatic rings. The van der Waals surface area contributed by atoms with E-state index >= 15 is 0 Å². The highest BCUT2D eigenvalue weighted by atomic mass is 79.9. The summed E-state index contributed by atoms with van der Waals surface area (Å²) in [5, 5.41) is 15.4. The summed E-state index contributed by atoms with van der Waals surface area (Å²) in [6.45, 7) is 3.92. The van der Waals surface area contributed by atoms with Gasteiger partial charge in [-0.2, -0.15) is 0 Å². The number of nitrogens with one attached hydrogen (secondary N) is 1. The third kappa shape index (κ3) is 3.55. The molecule has 3 aromatic heterocycles. The maximum Gasteiger partial charge on any atom is 0.147 e. The summed E-state index contributed by atoms with van der Waals surface area (Å²) in [6.07, 6.45) is 5.29. The topological polar surface area (TPSA) is 70.9 Å². The molecule has 0 fully saturated rings. The molecule has 1 atom stereocenters. The Kier molecular flexibility index (Phi) is 4.96. The predicted molar refractivity (Wildman–Crippen MR) is 115 cm³/mol. The zero-order valence-corrected chi connectivity index (χ0v) is 17.1. The standard InChI is InChI=1S/C22H19BrN4O/c1-13-10-19(25-12-18(13)23)27-20(16-4-3-9-24-11-16)17-8-7-15-6-5-14(2)26-21(15)22(17)28/h3-12,20,28H,1-2H3,(H,25,27). The van der Waals surface area contributed by atoms with Crippen LogP contribution < -0.4 is 5.32 Å². The normalized spacial score (nSPS) is 12.1. The average molecular weight is 435 g/mol. The molecule has 1 unspecified atom stereocenters. The van der Waals surface area contributed by atoms with Crippen LogP contribution >= 0.6 is 15.9 Å². The molecule has 0 aliphatic carbocycles. The van der Waals surface area contributed by atoms with E-state index in [9.17, 15) is 5.11 Å². The van der Waals surface area contributed by atoms with Crippen molar-refractivity contribution in [2.75, 3.05) is 5.32 Å². The van der Waals surface area contributed by atoms with Gasteiger partial charge in [0, 0.05) is 39.7 Å². The number of anilines is 1. The van der Waals surface area contributed by atoms with Gasteiger partial charge < -0.3 is 10.4 Å². The van der Waals surface area contributed by atoms with Gasteiger partial charge in [-0.3, -0.25) is 4.98 Å². The van der Waals surface area contributed by atoms with Crippen molar-refractivity contribution in [3.8, 4) is 5.75 Å². The highest BCUT2D eigenvalue weighted by molar-refractivity contribution is 9.10. The number of benzene rings is 1. The van der Waals surface area contributed by atoms with Gasteiger partial charge in [-0.25, -0.2) is 9.97 Å². The maximum absolute atomic E-state index is 11.0. The van der Waals surface area contributed by atoms with E-state index in [0.717, 1.165) is 32.2 Å². The van der Waals surface area contributed by atoms with Gasteiger partial charge in [0.15, 0.2) is 0 Å². The van der Waals surface area contributed by atoms with Gasteiger partial charge in [0.1, 0.15) is 17.1 Å². The number of hydrogen-bond donors (Lipinski definition) is 2. The molecule has 0 aliphatic rings.